The number of nitrogens with one attached hydrogen (secondary N) is 1. The Bertz CT molecular complexity index is 339. The summed E-state index contributed by atoms with van der Waals surface area (Å²) >= 11 is 0. The maximum atomic E-state index is 12.0. The van der Waals surface area contributed by atoms with Crippen molar-refractivity contribution in [2.24, 2.45) is 0 Å². The van der Waals surface area contributed by atoms with Gasteiger partial charge in [0.1, 0.15) is 0 Å². The Labute approximate surface area is 90.7 Å². The maximum absolute atomic E-state index is 12.0. The van der Waals surface area contributed by atoms with Crippen LogP contribution in [0.25, 0.3) is 0 Å². The number of hydrogen-bond donors (Lipinski definition) is 1. The number of hydrogen-bond acceptors (Lipinski definition) is 2. The van der Waals surface area contributed by atoms with E-state index in [0.29, 0.717) is 6.42 Å². The molecule has 0 spiro atoms. The van der Waals surface area contributed by atoms with E-state index in [9.17, 15) is 4.79 Å². The number of rotatable bonds is 3. The second kappa shape index (κ2) is 4.15. The number of Topliss-reactive ketones (excluding diaryl/α,β-unsaturated/α-hetero) is 1. The molecule has 2 rings (SSSR count). The summed E-state index contributed by atoms with van der Waals surface area (Å²) in [6.07, 6.45) is 2.89. The molecular formula is C13H17NO. The second-order valence-corrected chi connectivity index (χ2v) is 4.56. The first kappa shape index (κ1) is 10.4. The van der Waals surface area contributed by atoms with E-state index in [0.717, 1.165) is 18.5 Å². The Morgan fingerprint density at radius 3 is 2.73 bits per heavy atom. The van der Waals surface area contributed by atoms with E-state index < -0.39 is 0 Å². The van der Waals surface area contributed by atoms with Crippen LogP contribution in [0.15, 0.2) is 30.3 Å². The zero-order valence-corrected chi connectivity index (χ0v) is 9.12. The number of ketones is 1. The zero-order valence-electron chi connectivity index (χ0n) is 9.12. The van der Waals surface area contributed by atoms with Gasteiger partial charge in [0.05, 0.1) is 0 Å². The fourth-order valence-corrected chi connectivity index (χ4v) is 2.19. The van der Waals surface area contributed by atoms with Crippen LogP contribution < -0.4 is 5.32 Å². The molecule has 1 N–H and O–H groups in total. The molecule has 1 aliphatic rings. The van der Waals surface area contributed by atoms with Crippen LogP contribution in [0, 0.1) is 0 Å². The second-order valence-electron chi connectivity index (χ2n) is 4.56. The lowest BCUT2D eigenvalue weighted by Crippen LogP contribution is -2.38. The van der Waals surface area contributed by atoms with Crippen molar-refractivity contribution in [3.63, 3.8) is 0 Å². The molecule has 1 atom stereocenters. The van der Waals surface area contributed by atoms with Crippen molar-refractivity contribution in [3.8, 4) is 0 Å². The highest BCUT2D eigenvalue weighted by Crippen LogP contribution is 2.24. The molecule has 0 bridgehead atoms. The first-order chi connectivity index (χ1) is 7.20. The Morgan fingerprint density at radius 1 is 1.40 bits per heavy atom. The molecule has 0 amide bonds. The van der Waals surface area contributed by atoms with Gasteiger partial charge in [0.15, 0.2) is 5.78 Å². The van der Waals surface area contributed by atoms with E-state index in [2.05, 4.69) is 12.2 Å². The van der Waals surface area contributed by atoms with Gasteiger partial charge in [0, 0.05) is 17.5 Å². The van der Waals surface area contributed by atoms with Crippen LogP contribution in [0.3, 0.4) is 0 Å². The molecule has 1 unspecified atom stereocenters. The first-order valence-electron chi connectivity index (χ1n) is 5.53. The number of benzene rings is 1. The molecule has 15 heavy (non-hydrogen) atoms. The van der Waals surface area contributed by atoms with Gasteiger partial charge in [-0.3, -0.25) is 4.79 Å². The molecule has 1 fully saturated rings. The van der Waals surface area contributed by atoms with Crippen LogP contribution in [0.4, 0.5) is 0 Å². The Balaban J connectivity index is 2.04. The molecule has 1 aromatic rings. The predicted octanol–water partition coefficient (Wildman–Crippen LogP) is 2.40. The molecule has 0 radical (unpaired) electrons. The minimum absolute atomic E-state index is 0.0208. The lowest BCUT2D eigenvalue weighted by Gasteiger charge is -2.23. The quantitative estimate of drug-likeness (QED) is 0.764. The summed E-state index contributed by atoms with van der Waals surface area (Å²) < 4.78 is 0. The van der Waals surface area contributed by atoms with Crippen molar-refractivity contribution in [3.05, 3.63) is 35.9 Å². The molecule has 80 valence electrons. The normalized spacial score (nSPS) is 25.4. The van der Waals surface area contributed by atoms with Gasteiger partial charge in [-0.1, -0.05) is 30.3 Å². The zero-order chi connectivity index (χ0) is 10.7. The molecule has 1 aromatic carbocycles. The van der Waals surface area contributed by atoms with E-state index in [1.807, 2.05) is 30.3 Å². The van der Waals surface area contributed by atoms with E-state index >= 15 is 0 Å². The SMILES string of the molecule is CC1(CC(=O)c2ccccc2)CCCN1. The monoisotopic (exact) mass is 203 g/mol. The van der Waals surface area contributed by atoms with Crippen LogP contribution in [0.5, 0.6) is 0 Å². The fraction of sp³-hybridized carbons (Fsp3) is 0.462. The van der Waals surface area contributed by atoms with Crippen LogP contribution >= 0.6 is 0 Å². The average Bonchev–Trinajstić information content (AvgIpc) is 2.66. The smallest absolute Gasteiger partial charge is 0.164 e. The van der Waals surface area contributed by atoms with Crippen molar-refractivity contribution in [2.75, 3.05) is 6.54 Å². The summed E-state index contributed by atoms with van der Waals surface area (Å²) in [5, 5.41) is 3.41. The highest BCUT2D eigenvalue weighted by Gasteiger charge is 2.30. The first-order valence-corrected chi connectivity index (χ1v) is 5.53. The van der Waals surface area contributed by atoms with Gasteiger partial charge in [0.25, 0.3) is 0 Å². The van der Waals surface area contributed by atoms with Crippen molar-refractivity contribution in [1.82, 2.24) is 5.32 Å². The summed E-state index contributed by atoms with van der Waals surface area (Å²) in [7, 11) is 0. The summed E-state index contributed by atoms with van der Waals surface area (Å²) in [6, 6.07) is 9.54. The molecule has 1 saturated heterocycles. The minimum Gasteiger partial charge on any atom is -0.311 e. The van der Waals surface area contributed by atoms with Crippen molar-refractivity contribution in [1.29, 1.82) is 0 Å². The summed E-state index contributed by atoms with van der Waals surface area (Å²) in [4.78, 5) is 12.0. The molecule has 0 aliphatic carbocycles. The minimum atomic E-state index is 0.0208. The van der Waals surface area contributed by atoms with Gasteiger partial charge in [-0.25, -0.2) is 0 Å². The topological polar surface area (TPSA) is 29.1 Å². The van der Waals surface area contributed by atoms with E-state index in [1.54, 1.807) is 0 Å². The highest BCUT2D eigenvalue weighted by atomic mass is 16.1. The lowest BCUT2D eigenvalue weighted by molar-refractivity contribution is 0.0949. The van der Waals surface area contributed by atoms with Gasteiger partial charge < -0.3 is 5.32 Å². The van der Waals surface area contributed by atoms with Gasteiger partial charge in [-0.05, 0) is 26.3 Å². The molecule has 0 saturated carbocycles. The van der Waals surface area contributed by atoms with Crippen molar-refractivity contribution in [2.45, 2.75) is 31.7 Å². The number of carbonyl (C=O) groups is 1. The molecule has 1 heterocycles. The van der Waals surface area contributed by atoms with E-state index in [-0.39, 0.29) is 11.3 Å². The third-order valence-electron chi connectivity index (χ3n) is 3.10. The predicted molar refractivity (Wildman–Crippen MR) is 61.0 cm³/mol. The Morgan fingerprint density at radius 2 is 2.13 bits per heavy atom. The molecule has 2 nitrogen and oxygen atoms in total. The van der Waals surface area contributed by atoms with E-state index in [1.165, 1.54) is 6.42 Å². The Hall–Kier alpha value is -1.15. The Kier molecular flexibility index (Phi) is 2.87. The third-order valence-corrected chi connectivity index (χ3v) is 3.10. The molecule has 2 heteroatoms. The average molecular weight is 203 g/mol. The van der Waals surface area contributed by atoms with Crippen LogP contribution in [-0.4, -0.2) is 17.9 Å². The molecule has 1 aliphatic heterocycles. The number of carbonyl (C=O) groups excluding carboxylic acids is 1. The maximum Gasteiger partial charge on any atom is 0.164 e. The van der Waals surface area contributed by atoms with Gasteiger partial charge >= 0.3 is 0 Å². The van der Waals surface area contributed by atoms with E-state index in [4.69, 9.17) is 0 Å². The third kappa shape index (κ3) is 2.45. The van der Waals surface area contributed by atoms with Crippen LogP contribution in [0.1, 0.15) is 36.5 Å². The van der Waals surface area contributed by atoms with Gasteiger partial charge in [-0.15, -0.1) is 0 Å². The van der Waals surface area contributed by atoms with Gasteiger partial charge in [-0.2, -0.15) is 0 Å². The molecular weight excluding hydrogens is 186 g/mol. The fourth-order valence-electron chi connectivity index (χ4n) is 2.19. The summed E-state index contributed by atoms with van der Waals surface area (Å²) in [5.74, 6) is 0.243. The highest BCUT2D eigenvalue weighted by molar-refractivity contribution is 5.96. The van der Waals surface area contributed by atoms with Crippen LogP contribution in [-0.2, 0) is 0 Å². The summed E-state index contributed by atoms with van der Waals surface area (Å²) in [5.41, 5.74) is 0.847. The lowest BCUT2D eigenvalue weighted by atomic mass is 9.91. The largest absolute Gasteiger partial charge is 0.311 e. The van der Waals surface area contributed by atoms with Crippen molar-refractivity contribution >= 4 is 5.78 Å². The van der Waals surface area contributed by atoms with Crippen molar-refractivity contribution < 1.29 is 4.79 Å². The van der Waals surface area contributed by atoms with Crippen LogP contribution in [0.2, 0.25) is 0 Å². The van der Waals surface area contributed by atoms with Gasteiger partial charge in [0.2, 0.25) is 0 Å². The summed E-state index contributed by atoms with van der Waals surface area (Å²) in [6.45, 7) is 3.18. The molecule has 0 aromatic heterocycles. The standard InChI is InChI=1S/C13H17NO/c1-13(8-5-9-14-13)10-12(15)11-6-3-2-4-7-11/h2-4,6-7,14H,5,8-10H2,1H3.